The van der Waals surface area contributed by atoms with Crippen LogP contribution in [0, 0.1) is 11.6 Å². The molecule has 1 aliphatic rings. The van der Waals surface area contributed by atoms with Crippen LogP contribution < -0.4 is 26.7 Å². The fraction of sp³-hybridized carbons (Fsp3) is 0.263. The lowest BCUT2D eigenvalue weighted by Gasteiger charge is -2.36. The fourth-order valence-electron chi connectivity index (χ4n) is 6.21. The maximum atomic E-state index is 13.3. The second-order valence-corrected chi connectivity index (χ2v) is 12.5. The number of nitrogens with zero attached hydrogens (tertiary/aromatic N) is 4. The summed E-state index contributed by atoms with van der Waals surface area (Å²) in [5, 5.41) is 0.134. The Hall–Kier alpha value is -5.42. The molecule has 0 radical (unpaired) electrons. The third-order valence-corrected chi connectivity index (χ3v) is 8.73. The second-order valence-electron chi connectivity index (χ2n) is 12.5. The zero-order valence-electron chi connectivity index (χ0n) is 27.5. The molecule has 252 valence electrons. The van der Waals surface area contributed by atoms with Gasteiger partial charge in [-0.3, -0.25) is 19.3 Å². The minimum Gasteiger partial charge on any atom is -0.369 e. The van der Waals surface area contributed by atoms with E-state index in [1.807, 2.05) is 12.1 Å². The predicted molar refractivity (Wildman–Crippen MR) is 186 cm³/mol. The van der Waals surface area contributed by atoms with Gasteiger partial charge in [0, 0.05) is 55.2 Å². The second kappa shape index (κ2) is 14.8. The number of imidazole rings is 1. The van der Waals surface area contributed by atoms with Gasteiger partial charge < -0.3 is 19.4 Å². The van der Waals surface area contributed by atoms with Gasteiger partial charge in [0.25, 0.3) is 11.1 Å². The van der Waals surface area contributed by atoms with Gasteiger partial charge in [-0.2, -0.15) is 0 Å². The average molecular weight is 665 g/mol. The standard InChI is InChI=1S/C38H38F2N6O3/c1-25(2)35-32(41-24-46(35)16-4-15-44-17-19-45(20-18-44)31-13-11-30(40)12-14-31)23-34-38(49)42-33(37(48)43-34)22-26-5-3-6-28(21-26)36(47)27-7-9-29(39)10-8-27/h3,5-14,21-25H,4,15-20H2,1-2H3,(H,42,49)(H,43,48)/b33-22-,34-23-. The summed E-state index contributed by atoms with van der Waals surface area (Å²) in [7, 11) is 0. The number of aromatic amines is 2. The van der Waals surface area contributed by atoms with Crippen LogP contribution in [-0.4, -0.2) is 62.9 Å². The highest BCUT2D eigenvalue weighted by Gasteiger charge is 2.18. The molecule has 11 heteroatoms. The minimum atomic E-state index is -0.494. The van der Waals surface area contributed by atoms with E-state index in [0.717, 1.165) is 57.1 Å². The van der Waals surface area contributed by atoms with Crippen LogP contribution in [0.4, 0.5) is 14.5 Å². The van der Waals surface area contributed by atoms with Crippen molar-refractivity contribution in [2.45, 2.75) is 32.7 Å². The van der Waals surface area contributed by atoms with Crippen molar-refractivity contribution in [2.24, 2.45) is 0 Å². The molecule has 0 saturated carbocycles. The van der Waals surface area contributed by atoms with Gasteiger partial charge in [0.15, 0.2) is 5.78 Å². The molecule has 0 unspecified atom stereocenters. The van der Waals surface area contributed by atoms with E-state index in [1.165, 1.54) is 42.5 Å². The molecule has 49 heavy (non-hydrogen) atoms. The zero-order chi connectivity index (χ0) is 34.5. The van der Waals surface area contributed by atoms with Gasteiger partial charge in [-0.25, -0.2) is 13.8 Å². The number of hydrogen-bond acceptors (Lipinski definition) is 6. The van der Waals surface area contributed by atoms with Crippen LogP contribution in [-0.2, 0) is 6.54 Å². The minimum absolute atomic E-state index is 0.0432. The number of piperazine rings is 1. The molecule has 3 aromatic carbocycles. The summed E-state index contributed by atoms with van der Waals surface area (Å²) in [6.45, 7) is 9.47. The lowest BCUT2D eigenvalue weighted by Crippen LogP contribution is -2.46. The highest BCUT2D eigenvalue weighted by Crippen LogP contribution is 2.21. The lowest BCUT2D eigenvalue weighted by atomic mass is 10.0. The first-order valence-electron chi connectivity index (χ1n) is 16.4. The van der Waals surface area contributed by atoms with Gasteiger partial charge in [0.2, 0.25) is 0 Å². The Morgan fingerprint density at radius 3 is 2.10 bits per heavy atom. The number of aryl methyl sites for hydroxylation is 1. The molecule has 1 saturated heterocycles. The van der Waals surface area contributed by atoms with Crippen molar-refractivity contribution in [3.05, 3.63) is 150 Å². The van der Waals surface area contributed by atoms with Crippen molar-refractivity contribution in [3.8, 4) is 0 Å². The van der Waals surface area contributed by atoms with Crippen LogP contribution in [0.25, 0.3) is 12.2 Å². The summed E-state index contributed by atoms with van der Waals surface area (Å²) in [5.41, 5.74) is 2.91. The fourth-order valence-corrected chi connectivity index (χ4v) is 6.21. The van der Waals surface area contributed by atoms with E-state index in [1.54, 1.807) is 36.7 Å². The molecule has 5 aromatic rings. The molecule has 0 bridgehead atoms. The van der Waals surface area contributed by atoms with E-state index in [0.29, 0.717) is 22.4 Å². The number of rotatable bonds is 10. The molecule has 0 aliphatic carbocycles. The van der Waals surface area contributed by atoms with Crippen molar-refractivity contribution < 1.29 is 13.6 Å². The summed E-state index contributed by atoms with van der Waals surface area (Å²) in [6.07, 6.45) is 5.81. The van der Waals surface area contributed by atoms with Gasteiger partial charge >= 0.3 is 0 Å². The normalized spacial score (nSPS) is 14.6. The number of halogens is 2. The third kappa shape index (κ3) is 8.01. The van der Waals surface area contributed by atoms with Crippen molar-refractivity contribution in [2.75, 3.05) is 37.6 Å². The number of anilines is 1. The van der Waals surface area contributed by atoms with Crippen LogP contribution in [0.5, 0.6) is 0 Å². The summed E-state index contributed by atoms with van der Waals surface area (Å²) in [4.78, 5) is 53.7. The van der Waals surface area contributed by atoms with Gasteiger partial charge in [-0.05, 0) is 91.2 Å². The first-order chi connectivity index (χ1) is 23.6. The number of nitrogens with one attached hydrogen (secondary N) is 2. The topological polar surface area (TPSA) is 107 Å². The van der Waals surface area contributed by atoms with Gasteiger partial charge in [-0.1, -0.05) is 32.0 Å². The molecule has 0 atom stereocenters. The number of benzene rings is 3. The molecule has 0 spiro atoms. The zero-order valence-corrected chi connectivity index (χ0v) is 27.5. The molecule has 9 nitrogen and oxygen atoms in total. The SMILES string of the molecule is CC(C)c1c(/C=c2\[nH]c(=O)/c(=C/c3cccc(C(=O)c4ccc(F)cc4)c3)[nH]c2=O)ncn1CCCN1CCN(c2ccc(F)cc2)CC1. The van der Waals surface area contributed by atoms with Gasteiger partial charge in [-0.15, -0.1) is 0 Å². The van der Waals surface area contributed by atoms with Gasteiger partial charge in [0.05, 0.1) is 12.0 Å². The number of hydrogen-bond donors (Lipinski definition) is 2. The Morgan fingerprint density at radius 2 is 1.45 bits per heavy atom. The Bertz CT molecular complexity index is 2180. The summed E-state index contributed by atoms with van der Waals surface area (Å²) in [6, 6.07) is 18.6. The predicted octanol–water partition coefficient (Wildman–Crippen LogP) is 3.76. The first kappa shape index (κ1) is 33.5. The summed E-state index contributed by atoms with van der Waals surface area (Å²) < 4.78 is 28.7. The number of H-pyrrole nitrogens is 2. The molecule has 6 rings (SSSR count). The van der Waals surface area contributed by atoms with Crippen molar-refractivity contribution in [1.29, 1.82) is 0 Å². The maximum absolute atomic E-state index is 13.3. The monoisotopic (exact) mass is 664 g/mol. The smallest absolute Gasteiger partial charge is 0.272 e. The van der Waals surface area contributed by atoms with E-state index >= 15 is 0 Å². The average Bonchev–Trinajstić information content (AvgIpc) is 3.50. The third-order valence-electron chi connectivity index (χ3n) is 8.73. The Labute approximate surface area is 281 Å². The van der Waals surface area contributed by atoms with Crippen LogP contribution in [0.1, 0.15) is 59.1 Å². The number of aromatic nitrogens is 4. The van der Waals surface area contributed by atoms with E-state index < -0.39 is 16.9 Å². The first-order valence-corrected chi connectivity index (χ1v) is 16.4. The van der Waals surface area contributed by atoms with Crippen molar-refractivity contribution >= 4 is 23.6 Å². The molecule has 0 amide bonds. The van der Waals surface area contributed by atoms with Crippen LogP contribution in [0.2, 0.25) is 0 Å². The molecule has 1 aliphatic heterocycles. The lowest BCUT2D eigenvalue weighted by molar-refractivity contribution is 0.103. The van der Waals surface area contributed by atoms with E-state index in [-0.39, 0.29) is 28.2 Å². The van der Waals surface area contributed by atoms with Crippen LogP contribution >= 0.6 is 0 Å². The Balaban J connectivity index is 1.14. The number of carbonyl (C=O) groups is 1. The quantitative estimate of drug-likeness (QED) is 0.220. The molecule has 2 N–H and O–H groups in total. The van der Waals surface area contributed by atoms with Gasteiger partial charge in [0.1, 0.15) is 22.3 Å². The molecular formula is C38H38F2N6O3. The van der Waals surface area contributed by atoms with E-state index in [4.69, 9.17) is 0 Å². The summed E-state index contributed by atoms with van der Waals surface area (Å²) >= 11 is 0. The highest BCUT2D eigenvalue weighted by molar-refractivity contribution is 6.09. The Kier molecular flexibility index (Phi) is 10.1. The highest BCUT2D eigenvalue weighted by atomic mass is 19.1. The molecule has 1 fully saturated rings. The summed E-state index contributed by atoms with van der Waals surface area (Å²) in [5.74, 6) is -0.825. The van der Waals surface area contributed by atoms with Crippen molar-refractivity contribution in [3.63, 3.8) is 0 Å². The van der Waals surface area contributed by atoms with Crippen LogP contribution in [0.15, 0.2) is 88.7 Å². The Morgan fingerprint density at radius 1 is 0.816 bits per heavy atom. The maximum Gasteiger partial charge on any atom is 0.272 e. The number of ketones is 1. The molecule has 3 heterocycles. The van der Waals surface area contributed by atoms with E-state index in [2.05, 4.69) is 43.2 Å². The molecule has 2 aromatic heterocycles. The van der Waals surface area contributed by atoms with Crippen molar-refractivity contribution in [1.82, 2.24) is 24.4 Å². The number of carbonyl (C=O) groups excluding carboxylic acids is 1. The molecular weight excluding hydrogens is 626 g/mol. The largest absolute Gasteiger partial charge is 0.369 e. The van der Waals surface area contributed by atoms with Crippen LogP contribution in [0.3, 0.4) is 0 Å². The van der Waals surface area contributed by atoms with E-state index in [9.17, 15) is 23.2 Å².